The third-order valence-electron chi connectivity index (χ3n) is 6.75. The zero-order chi connectivity index (χ0) is 33.6. The number of carboxylic acids is 2. The van der Waals surface area contributed by atoms with Crippen LogP contribution in [0.15, 0.2) is 0 Å². The van der Waals surface area contributed by atoms with Crippen LogP contribution in [0.4, 0.5) is 0 Å². The summed E-state index contributed by atoms with van der Waals surface area (Å²) >= 11 is 0. The maximum atomic E-state index is 13.3. The van der Waals surface area contributed by atoms with Gasteiger partial charge < -0.3 is 54.0 Å². The van der Waals surface area contributed by atoms with Crippen molar-refractivity contribution in [3.05, 3.63) is 0 Å². The van der Waals surface area contributed by atoms with E-state index in [2.05, 4.69) is 16.0 Å². The van der Waals surface area contributed by atoms with Gasteiger partial charge in [0.1, 0.15) is 24.2 Å². The van der Waals surface area contributed by atoms with E-state index >= 15 is 0 Å². The van der Waals surface area contributed by atoms with E-state index in [0.717, 1.165) is 4.90 Å². The number of rotatable bonds is 20. The summed E-state index contributed by atoms with van der Waals surface area (Å²) in [4.78, 5) is 110. The summed E-state index contributed by atoms with van der Waals surface area (Å²) in [6.45, 7) is 0.0555. The van der Waals surface area contributed by atoms with Gasteiger partial charge in [-0.1, -0.05) is 0 Å². The second kappa shape index (κ2) is 18.0. The van der Waals surface area contributed by atoms with Crippen LogP contribution in [0, 0.1) is 0 Å². The van der Waals surface area contributed by atoms with E-state index in [0.29, 0.717) is 6.42 Å². The molecule has 1 aliphatic heterocycles. The van der Waals surface area contributed by atoms with Crippen LogP contribution >= 0.6 is 0 Å². The molecule has 0 spiro atoms. The summed E-state index contributed by atoms with van der Waals surface area (Å²) in [5.74, 6) is -8.73. The quantitative estimate of drug-likeness (QED) is 0.0616. The Balaban J connectivity index is 3.20. The minimum atomic E-state index is -1.56. The fourth-order valence-corrected chi connectivity index (χ4v) is 4.38. The van der Waals surface area contributed by atoms with Gasteiger partial charge in [0.25, 0.3) is 0 Å². The Kier molecular flexibility index (Phi) is 15.2. The van der Waals surface area contributed by atoms with Crippen molar-refractivity contribution < 1.29 is 53.4 Å². The van der Waals surface area contributed by atoms with Crippen molar-refractivity contribution in [1.29, 1.82) is 0 Å². The first-order valence-corrected chi connectivity index (χ1v) is 13.8. The fraction of sp³-hybridized carbons (Fsp3) is 0.640. The fourth-order valence-electron chi connectivity index (χ4n) is 4.38. The Bertz CT molecular complexity index is 1130. The number of likely N-dealkylation sites (tertiary alicyclic amines) is 1. The Morgan fingerprint density at radius 3 is 1.55 bits per heavy atom. The Labute approximate surface area is 251 Å². The summed E-state index contributed by atoms with van der Waals surface area (Å²) in [6, 6.07) is -6.97. The van der Waals surface area contributed by atoms with E-state index in [4.69, 9.17) is 28.0 Å². The van der Waals surface area contributed by atoms with Crippen molar-refractivity contribution in [2.24, 2.45) is 22.9 Å². The van der Waals surface area contributed by atoms with Crippen molar-refractivity contribution in [1.82, 2.24) is 20.9 Å². The molecule has 1 fully saturated rings. The van der Waals surface area contributed by atoms with Crippen molar-refractivity contribution in [3.63, 3.8) is 0 Å². The van der Waals surface area contributed by atoms with Gasteiger partial charge in [-0.2, -0.15) is 0 Å². The molecular formula is C25H40N8O11. The van der Waals surface area contributed by atoms with Gasteiger partial charge in [-0.3, -0.25) is 38.4 Å². The number of hydrogen-bond acceptors (Lipinski definition) is 10. The number of aliphatic carboxylic acids is 2. The van der Waals surface area contributed by atoms with Gasteiger partial charge in [-0.25, -0.2) is 4.79 Å². The number of hydrogen-bond donors (Lipinski definition) is 9. The lowest BCUT2D eigenvalue weighted by Gasteiger charge is -2.29. The molecule has 0 aliphatic carbocycles. The van der Waals surface area contributed by atoms with Gasteiger partial charge in [0.15, 0.2) is 0 Å². The first-order valence-electron chi connectivity index (χ1n) is 13.8. The minimum Gasteiger partial charge on any atom is -0.481 e. The molecule has 5 atom stereocenters. The molecule has 1 heterocycles. The number of primary amides is 3. The van der Waals surface area contributed by atoms with Gasteiger partial charge in [0, 0.05) is 32.2 Å². The Morgan fingerprint density at radius 1 is 0.659 bits per heavy atom. The zero-order valence-corrected chi connectivity index (χ0v) is 24.0. The smallest absolute Gasteiger partial charge is 0.326 e. The molecule has 0 aromatic rings. The summed E-state index contributed by atoms with van der Waals surface area (Å²) < 4.78 is 0. The molecule has 0 aromatic carbocycles. The molecule has 0 aromatic heterocycles. The maximum absolute atomic E-state index is 13.3. The molecule has 246 valence electrons. The molecule has 19 nitrogen and oxygen atoms in total. The molecule has 13 N–H and O–H groups in total. The first kappa shape index (κ1) is 37.2. The van der Waals surface area contributed by atoms with Crippen LogP contribution in [0.3, 0.4) is 0 Å². The van der Waals surface area contributed by atoms with Crippen molar-refractivity contribution in [3.8, 4) is 0 Å². The normalized spacial score (nSPS) is 16.9. The predicted molar refractivity (Wildman–Crippen MR) is 148 cm³/mol. The zero-order valence-electron chi connectivity index (χ0n) is 24.0. The lowest BCUT2D eigenvalue weighted by atomic mass is 10.0. The van der Waals surface area contributed by atoms with Crippen LogP contribution in [-0.4, -0.2) is 105 Å². The molecule has 44 heavy (non-hydrogen) atoms. The highest BCUT2D eigenvalue weighted by atomic mass is 16.4. The molecular weight excluding hydrogens is 588 g/mol. The second-order valence-corrected chi connectivity index (χ2v) is 10.3. The summed E-state index contributed by atoms with van der Waals surface area (Å²) in [7, 11) is 0. The highest BCUT2D eigenvalue weighted by molar-refractivity contribution is 5.96. The number of nitrogens with zero attached hydrogens (tertiary/aromatic N) is 1. The molecule has 0 radical (unpaired) electrons. The predicted octanol–water partition coefficient (Wildman–Crippen LogP) is -4.50. The average molecular weight is 629 g/mol. The minimum absolute atomic E-state index is 0.0555. The average Bonchev–Trinajstić information content (AvgIpc) is 3.43. The largest absolute Gasteiger partial charge is 0.481 e. The number of carbonyl (C=O) groups is 9. The molecule has 0 unspecified atom stereocenters. The maximum Gasteiger partial charge on any atom is 0.326 e. The van der Waals surface area contributed by atoms with Crippen molar-refractivity contribution >= 4 is 53.3 Å². The lowest BCUT2D eigenvalue weighted by Crippen LogP contribution is -2.58. The van der Waals surface area contributed by atoms with Gasteiger partial charge in [-0.15, -0.1) is 0 Å². The van der Waals surface area contributed by atoms with Crippen LogP contribution in [0.5, 0.6) is 0 Å². The Hall–Kier alpha value is -4.81. The summed E-state index contributed by atoms with van der Waals surface area (Å²) in [5.41, 5.74) is 21.2. The number of carboxylic acid groups (broad SMARTS) is 2. The van der Waals surface area contributed by atoms with E-state index in [1.165, 1.54) is 0 Å². The monoisotopic (exact) mass is 628 g/mol. The number of nitrogens with one attached hydrogen (secondary N) is 3. The molecule has 19 heteroatoms. The molecule has 7 amide bonds. The summed E-state index contributed by atoms with van der Waals surface area (Å²) in [5, 5.41) is 25.6. The number of nitrogens with two attached hydrogens (primary N) is 4. The lowest BCUT2D eigenvalue weighted by molar-refractivity contribution is -0.150. The molecule has 0 saturated carbocycles. The molecule has 1 rings (SSSR count). The van der Waals surface area contributed by atoms with Crippen LogP contribution in [0.2, 0.25) is 0 Å². The molecule has 1 saturated heterocycles. The standard InChI is InChI=1S/C25H40N8O11/c26-12(3-7-17(27)34)21(39)30-13(4-8-18(28)35)22(40)31-14(5-9-19(29)36)23(41)32-15(6-10-20(37)38)24(42)33-11-1-2-16(33)25(43)44/h12-16H,1-11,26H2,(H2,27,34)(H2,28,35)(H2,29,36)(H,30,39)(H,31,40)(H,32,41)(H,37,38)(H,43,44)/t12-,13-,14-,15-,16-/m0/s1. The van der Waals surface area contributed by atoms with E-state index in [9.17, 15) is 48.3 Å². The highest BCUT2D eigenvalue weighted by Gasteiger charge is 2.38. The van der Waals surface area contributed by atoms with Crippen LogP contribution < -0.4 is 38.9 Å². The number of amides is 7. The van der Waals surface area contributed by atoms with E-state index in [1.54, 1.807) is 0 Å². The SMILES string of the molecule is NC(=O)CC[C@H](NC(=O)[C@H](CCC(N)=O)NC(=O)[C@@H](N)CCC(N)=O)C(=O)N[C@@H](CCC(=O)O)C(=O)N1CCC[C@H]1C(=O)O. The van der Waals surface area contributed by atoms with Gasteiger partial charge in [0.05, 0.1) is 6.04 Å². The first-order chi connectivity index (χ1) is 20.5. The molecule has 0 bridgehead atoms. The van der Waals surface area contributed by atoms with Crippen molar-refractivity contribution in [2.45, 2.75) is 94.4 Å². The van der Waals surface area contributed by atoms with E-state index in [-0.39, 0.29) is 45.1 Å². The second-order valence-electron chi connectivity index (χ2n) is 10.3. The van der Waals surface area contributed by atoms with Crippen LogP contribution in [-0.2, 0) is 43.2 Å². The Morgan fingerprint density at radius 2 is 1.09 bits per heavy atom. The van der Waals surface area contributed by atoms with E-state index < -0.39 is 103 Å². The van der Waals surface area contributed by atoms with Crippen LogP contribution in [0.1, 0.15) is 64.2 Å². The molecule has 1 aliphatic rings. The topological polar surface area (TPSA) is 338 Å². The van der Waals surface area contributed by atoms with Gasteiger partial charge in [-0.05, 0) is 38.5 Å². The van der Waals surface area contributed by atoms with Gasteiger partial charge >= 0.3 is 11.9 Å². The van der Waals surface area contributed by atoms with E-state index in [1.807, 2.05) is 0 Å². The van der Waals surface area contributed by atoms with Gasteiger partial charge in [0.2, 0.25) is 41.4 Å². The third-order valence-corrected chi connectivity index (χ3v) is 6.75. The van der Waals surface area contributed by atoms with Crippen LogP contribution in [0.25, 0.3) is 0 Å². The summed E-state index contributed by atoms with van der Waals surface area (Å²) in [6.07, 6.45) is -2.36. The van der Waals surface area contributed by atoms with Crippen molar-refractivity contribution in [2.75, 3.05) is 6.54 Å². The number of carbonyl (C=O) groups excluding carboxylic acids is 7. The third kappa shape index (κ3) is 13.0. The highest BCUT2D eigenvalue weighted by Crippen LogP contribution is 2.20.